The highest BCUT2D eigenvalue weighted by atomic mass is 32.2. The molecule has 0 unspecified atom stereocenters. The third-order valence-electron chi connectivity index (χ3n) is 4.87. The topological polar surface area (TPSA) is 183 Å². The van der Waals surface area contributed by atoms with E-state index in [9.17, 15) is 23.2 Å². The molecule has 0 saturated heterocycles. The van der Waals surface area contributed by atoms with Crippen molar-refractivity contribution in [3.05, 3.63) is 54.1 Å². The van der Waals surface area contributed by atoms with Gasteiger partial charge in [0.05, 0.1) is 19.8 Å². The van der Waals surface area contributed by atoms with Crippen LogP contribution < -0.4 is 0 Å². The van der Waals surface area contributed by atoms with Crippen LogP contribution in [0.2, 0.25) is 0 Å². The van der Waals surface area contributed by atoms with E-state index in [1.54, 1.807) is 35.2 Å². The fourth-order valence-electron chi connectivity index (χ4n) is 3.21. The van der Waals surface area contributed by atoms with Gasteiger partial charge in [0.15, 0.2) is 0 Å². The molecule has 0 aromatic heterocycles. The standard InChI is InChI=1S/C17H14N2O5S.C6H15NO3/c1-10-6-7-14(20)13(8-10)18-19-17-12-5-3-2-4-11(12)16(9-15(17)21)25(22,23)24;8-4-1-7(2-5-9)3-6-10/h2-9,20-21H,1H3,(H,22,23,24);8-10H,1-6H2. The molecule has 11 nitrogen and oxygen atoms in total. The Balaban J connectivity index is 0.000000367. The maximum absolute atomic E-state index is 11.5. The molecule has 6 N–H and O–H groups in total. The number of phenols is 2. The highest BCUT2D eigenvalue weighted by molar-refractivity contribution is 7.86. The number of rotatable bonds is 9. The Morgan fingerprint density at radius 1 is 0.800 bits per heavy atom. The SMILES string of the molecule is Cc1ccc(O)c(N=Nc2c(O)cc(S(=O)(=O)O)c3ccccc23)c1.OCCN(CCO)CCO. The number of aliphatic hydroxyl groups is 3. The highest BCUT2D eigenvalue weighted by Crippen LogP contribution is 2.40. The van der Waals surface area contributed by atoms with Gasteiger partial charge in [0, 0.05) is 36.5 Å². The number of phenolic OH excluding ortho intramolecular Hbond substituents is 2. The smallest absolute Gasteiger partial charge is 0.295 e. The normalized spacial score (nSPS) is 11.7. The molecule has 0 atom stereocenters. The molecule has 3 aromatic rings. The number of benzene rings is 3. The van der Waals surface area contributed by atoms with Gasteiger partial charge in [-0.05, 0) is 24.6 Å². The number of fused-ring (bicyclic) bond motifs is 1. The molecule has 12 heteroatoms. The maximum Gasteiger partial charge on any atom is 0.295 e. The average molecular weight is 508 g/mol. The van der Waals surface area contributed by atoms with Gasteiger partial charge in [-0.1, -0.05) is 30.3 Å². The second kappa shape index (κ2) is 13.1. The van der Waals surface area contributed by atoms with Gasteiger partial charge in [-0.15, -0.1) is 10.2 Å². The van der Waals surface area contributed by atoms with Crippen LogP contribution in [0.4, 0.5) is 11.4 Å². The van der Waals surface area contributed by atoms with Crippen LogP contribution in [0.15, 0.2) is 63.7 Å². The Bertz CT molecular complexity index is 1250. The Morgan fingerprint density at radius 2 is 1.37 bits per heavy atom. The van der Waals surface area contributed by atoms with E-state index in [1.165, 1.54) is 12.1 Å². The summed E-state index contributed by atoms with van der Waals surface area (Å²) in [7, 11) is -4.52. The summed E-state index contributed by atoms with van der Waals surface area (Å²) in [6.07, 6.45) is 0. The molecule has 0 radical (unpaired) electrons. The van der Waals surface area contributed by atoms with Crippen molar-refractivity contribution in [1.82, 2.24) is 4.90 Å². The van der Waals surface area contributed by atoms with Gasteiger partial charge in [0.1, 0.15) is 27.8 Å². The predicted molar refractivity (Wildman–Crippen MR) is 130 cm³/mol. The van der Waals surface area contributed by atoms with E-state index in [0.717, 1.165) is 11.6 Å². The van der Waals surface area contributed by atoms with Crippen molar-refractivity contribution >= 4 is 32.3 Å². The highest BCUT2D eigenvalue weighted by Gasteiger charge is 2.19. The molecule has 3 rings (SSSR count). The van der Waals surface area contributed by atoms with Gasteiger partial charge in [-0.25, -0.2) is 0 Å². The molecule has 0 saturated carbocycles. The lowest BCUT2D eigenvalue weighted by molar-refractivity contribution is 0.136. The van der Waals surface area contributed by atoms with E-state index in [1.807, 2.05) is 6.92 Å². The van der Waals surface area contributed by atoms with E-state index >= 15 is 0 Å². The van der Waals surface area contributed by atoms with Gasteiger partial charge in [0.25, 0.3) is 10.1 Å². The lowest BCUT2D eigenvalue weighted by atomic mass is 10.1. The van der Waals surface area contributed by atoms with Crippen LogP contribution in [0.25, 0.3) is 10.8 Å². The van der Waals surface area contributed by atoms with E-state index in [0.29, 0.717) is 25.0 Å². The number of aliphatic hydroxyl groups excluding tert-OH is 3. The number of aryl methyl sites for hydroxylation is 1. The molecule has 0 aliphatic heterocycles. The Morgan fingerprint density at radius 3 is 1.91 bits per heavy atom. The zero-order valence-corrected chi connectivity index (χ0v) is 19.9. The first-order valence-electron chi connectivity index (χ1n) is 10.6. The van der Waals surface area contributed by atoms with E-state index in [2.05, 4.69) is 10.2 Å². The van der Waals surface area contributed by atoms with E-state index < -0.39 is 20.8 Å². The minimum Gasteiger partial charge on any atom is -0.506 e. The van der Waals surface area contributed by atoms with Gasteiger partial charge in [-0.2, -0.15) is 8.42 Å². The zero-order valence-electron chi connectivity index (χ0n) is 19.1. The minimum atomic E-state index is -4.52. The van der Waals surface area contributed by atoms with Crippen molar-refractivity contribution in [3.63, 3.8) is 0 Å². The largest absolute Gasteiger partial charge is 0.506 e. The summed E-state index contributed by atoms with van der Waals surface area (Å²) in [5.74, 6) is -0.532. The third-order valence-corrected chi connectivity index (χ3v) is 5.77. The number of azo groups is 1. The van der Waals surface area contributed by atoms with Crippen molar-refractivity contribution in [2.45, 2.75) is 11.8 Å². The molecule has 0 aliphatic rings. The van der Waals surface area contributed by atoms with Crippen LogP contribution in [-0.4, -0.2) is 82.9 Å². The molecule has 0 fully saturated rings. The summed E-state index contributed by atoms with van der Waals surface area (Å²) in [6, 6.07) is 12.0. The first kappa shape index (κ1) is 28.1. The number of hydrogen-bond donors (Lipinski definition) is 6. The third kappa shape index (κ3) is 7.96. The first-order valence-corrected chi connectivity index (χ1v) is 12.0. The summed E-state index contributed by atoms with van der Waals surface area (Å²) in [5, 5.41) is 53.8. The van der Waals surface area contributed by atoms with E-state index in [4.69, 9.17) is 15.3 Å². The molecule has 35 heavy (non-hydrogen) atoms. The van der Waals surface area contributed by atoms with Crippen molar-refractivity contribution in [3.8, 4) is 11.5 Å². The Hall–Kier alpha value is -3.13. The molecule has 3 aromatic carbocycles. The van der Waals surface area contributed by atoms with Crippen LogP contribution in [-0.2, 0) is 10.1 Å². The Kier molecular flexibility index (Phi) is 10.5. The van der Waals surface area contributed by atoms with Crippen molar-refractivity contribution in [2.24, 2.45) is 10.2 Å². The van der Waals surface area contributed by atoms with Gasteiger partial charge < -0.3 is 25.5 Å². The molecule has 0 aliphatic carbocycles. The van der Waals surface area contributed by atoms with Crippen LogP contribution in [0.3, 0.4) is 0 Å². The lowest BCUT2D eigenvalue weighted by Gasteiger charge is -2.17. The summed E-state index contributed by atoms with van der Waals surface area (Å²) in [4.78, 5) is 1.37. The summed E-state index contributed by atoms with van der Waals surface area (Å²) >= 11 is 0. The van der Waals surface area contributed by atoms with Crippen molar-refractivity contribution in [1.29, 1.82) is 0 Å². The molecular weight excluding hydrogens is 478 g/mol. The fourth-order valence-corrected chi connectivity index (χ4v) is 3.92. The van der Waals surface area contributed by atoms with Crippen LogP contribution >= 0.6 is 0 Å². The lowest BCUT2D eigenvalue weighted by Crippen LogP contribution is -2.32. The average Bonchev–Trinajstić information content (AvgIpc) is 2.80. The molecule has 0 amide bonds. The van der Waals surface area contributed by atoms with E-state index in [-0.39, 0.29) is 42.3 Å². The number of aromatic hydroxyl groups is 2. The van der Waals surface area contributed by atoms with Gasteiger partial charge >= 0.3 is 0 Å². The quantitative estimate of drug-likeness (QED) is 0.187. The predicted octanol–water partition coefficient (Wildman–Crippen LogP) is 2.49. The van der Waals surface area contributed by atoms with Crippen LogP contribution in [0.5, 0.6) is 11.5 Å². The number of hydrogen-bond acceptors (Lipinski definition) is 10. The molecule has 0 spiro atoms. The van der Waals surface area contributed by atoms with Crippen molar-refractivity contribution < 1.29 is 38.5 Å². The summed E-state index contributed by atoms with van der Waals surface area (Å²) < 4.78 is 32.4. The molecule has 190 valence electrons. The number of nitrogens with zero attached hydrogens (tertiary/aromatic N) is 3. The first-order chi connectivity index (χ1) is 16.6. The maximum atomic E-state index is 11.5. The Labute approximate surface area is 203 Å². The fraction of sp³-hybridized carbons (Fsp3) is 0.304. The molecule has 0 bridgehead atoms. The second-order valence-electron chi connectivity index (χ2n) is 7.47. The molecular formula is C23H29N3O8S. The minimum absolute atomic E-state index is 0.0314. The van der Waals surface area contributed by atoms with Gasteiger partial charge in [-0.3, -0.25) is 9.45 Å². The monoisotopic (exact) mass is 507 g/mol. The van der Waals surface area contributed by atoms with Crippen LogP contribution in [0.1, 0.15) is 5.56 Å². The summed E-state index contributed by atoms with van der Waals surface area (Å²) in [6.45, 7) is 3.58. The van der Waals surface area contributed by atoms with Gasteiger partial charge in [0.2, 0.25) is 0 Å². The van der Waals surface area contributed by atoms with Crippen LogP contribution in [0, 0.1) is 6.92 Å². The second-order valence-corrected chi connectivity index (χ2v) is 8.86. The van der Waals surface area contributed by atoms with Crippen molar-refractivity contribution in [2.75, 3.05) is 39.5 Å². The molecule has 0 heterocycles. The summed E-state index contributed by atoms with van der Waals surface area (Å²) in [5.41, 5.74) is 1.11. The zero-order chi connectivity index (χ0) is 26.0.